The number of anilines is 1. The van der Waals surface area contributed by atoms with Crippen LogP contribution in [0.5, 0.6) is 11.9 Å². The average molecular weight is 289 g/mol. The molecule has 110 valence electrons. The molecule has 8 heteroatoms. The van der Waals surface area contributed by atoms with E-state index in [4.69, 9.17) is 9.47 Å². The second-order valence-corrected chi connectivity index (χ2v) is 3.78. The molecule has 21 heavy (non-hydrogen) atoms. The van der Waals surface area contributed by atoms with E-state index < -0.39 is 5.91 Å². The van der Waals surface area contributed by atoms with Crippen LogP contribution in [0.15, 0.2) is 24.8 Å². The first-order valence-corrected chi connectivity index (χ1v) is 6.44. The topological polar surface area (TPSA) is 99.1 Å². The fourth-order valence-electron chi connectivity index (χ4n) is 1.48. The number of amides is 1. The van der Waals surface area contributed by atoms with Gasteiger partial charge in [0.2, 0.25) is 5.88 Å². The summed E-state index contributed by atoms with van der Waals surface area (Å²) in [4.78, 5) is 27.9. The van der Waals surface area contributed by atoms with E-state index in [1.54, 1.807) is 0 Å². The molecular weight excluding hydrogens is 274 g/mol. The first-order chi connectivity index (χ1) is 10.2. The van der Waals surface area contributed by atoms with Gasteiger partial charge in [0.1, 0.15) is 11.4 Å². The van der Waals surface area contributed by atoms with Crippen molar-refractivity contribution in [1.82, 2.24) is 19.9 Å². The minimum Gasteiger partial charge on any atom is -0.476 e. The predicted molar refractivity (Wildman–Crippen MR) is 74.4 cm³/mol. The van der Waals surface area contributed by atoms with Crippen molar-refractivity contribution in [3.8, 4) is 11.9 Å². The highest BCUT2D eigenvalue weighted by Gasteiger charge is 2.14. The van der Waals surface area contributed by atoms with E-state index in [0.717, 1.165) is 0 Å². The van der Waals surface area contributed by atoms with Crippen LogP contribution in [-0.2, 0) is 0 Å². The Balaban J connectivity index is 2.20. The quantitative estimate of drug-likeness (QED) is 0.856. The zero-order valence-corrected chi connectivity index (χ0v) is 11.7. The van der Waals surface area contributed by atoms with Gasteiger partial charge in [0.05, 0.1) is 25.6 Å². The highest BCUT2D eigenvalue weighted by Crippen LogP contribution is 2.23. The van der Waals surface area contributed by atoms with Gasteiger partial charge in [-0.25, -0.2) is 9.97 Å². The van der Waals surface area contributed by atoms with Crippen LogP contribution in [0.2, 0.25) is 0 Å². The Bertz CT molecular complexity index is 606. The molecule has 2 rings (SSSR count). The van der Waals surface area contributed by atoms with Crippen molar-refractivity contribution in [1.29, 1.82) is 0 Å². The molecule has 0 aliphatic carbocycles. The van der Waals surface area contributed by atoms with Gasteiger partial charge in [0, 0.05) is 12.4 Å². The van der Waals surface area contributed by atoms with Crippen LogP contribution < -0.4 is 14.8 Å². The normalized spacial score (nSPS) is 10.0. The summed E-state index contributed by atoms with van der Waals surface area (Å²) in [6, 6.07) is 0.193. The van der Waals surface area contributed by atoms with E-state index in [1.165, 1.54) is 24.8 Å². The maximum atomic E-state index is 12.0. The Kier molecular flexibility index (Phi) is 4.97. The first kappa shape index (κ1) is 14.6. The number of carbonyl (C=O) groups is 1. The molecular formula is C13H15N5O3. The maximum absolute atomic E-state index is 12.0. The summed E-state index contributed by atoms with van der Waals surface area (Å²) in [5, 5.41) is 2.63. The number of nitrogens with one attached hydrogen (secondary N) is 1. The van der Waals surface area contributed by atoms with Crippen LogP contribution in [0, 0.1) is 0 Å². The molecule has 0 aromatic carbocycles. The third kappa shape index (κ3) is 3.85. The molecule has 0 spiro atoms. The van der Waals surface area contributed by atoms with Gasteiger partial charge in [0.15, 0.2) is 0 Å². The fraction of sp³-hybridized carbons (Fsp3) is 0.308. The summed E-state index contributed by atoms with van der Waals surface area (Å²) in [7, 11) is 0. The van der Waals surface area contributed by atoms with Gasteiger partial charge in [-0.1, -0.05) is 0 Å². The lowest BCUT2D eigenvalue weighted by molar-refractivity contribution is 0.102. The molecule has 1 amide bonds. The second kappa shape index (κ2) is 7.13. The molecule has 0 fully saturated rings. The Morgan fingerprint density at radius 1 is 1.14 bits per heavy atom. The zero-order valence-electron chi connectivity index (χ0n) is 11.7. The highest BCUT2D eigenvalue weighted by atomic mass is 16.5. The Hall–Kier alpha value is -2.77. The summed E-state index contributed by atoms with van der Waals surface area (Å²) in [6.45, 7) is 4.48. The summed E-state index contributed by atoms with van der Waals surface area (Å²) in [5.74, 6) is -0.176. The smallest absolute Gasteiger partial charge is 0.319 e. The molecule has 2 aromatic heterocycles. The van der Waals surface area contributed by atoms with Gasteiger partial charge < -0.3 is 14.8 Å². The first-order valence-electron chi connectivity index (χ1n) is 6.44. The number of hydrogen-bond donors (Lipinski definition) is 1. The Labute approximate surface area is 121 Å². The van der Waals surface area contributed by atoms with E-state index in [0.29, 0.717) is 18.9 Å². The summed E-state index contributed by atoms with van der Waals surface area (Å²) in [6.07, 6.45) is 5.72. The summed E-state index contributed by atoms with van der Waals surface area (Å²) >= 11 is 0. The van der Waals surface area contributed by atoms with Crippen molar-refractivity contribution in [3.63, 3.8) is 0 Å². The van der Waals surface area contributed by atoms with Crippen LogP contribution in [0.4, 0.5) is 5.69 Å². The molecule has 0 atom stereocenters. The van der Waals surface area contributed by atoms with Gasteiger partial charge in [-0.2, -0.15) is 4.98 Å². The van der Waals surface area contributed by atoms with Crippen molar-refractivity contribution in [3.05, 3.63) is 30.5 Å². The van der Waals surface area contributed by atoms with Crippen molar-refractivity contribution >= 4 is 11.6 Å². The van der Waals surface area contributed by atoms with Crippen molar-refractivity contribution in [2.45, 2.75) is 13.8 Å². The number of carbonyl (C=O) groups excluding carboxylic acids is 1. The molecule has 8 nitrogen and oxygen atoms in total. The van der Waals surface area contributed by atoms with Crippen molar-refractivity contribution in [2.75, 3.05) is 18.5 Å². The van der Waals surface area contributed by atoms with Gasteiger partial charge >= 0.3 is 6.01 Å². The SMILES string of the molecule is CCOc1ncc(NC(=O)c2cnccn2)c(OCC)n1. The average Bonchev–Trinajstić information content (AvgIpc) is 2.51. The minimum atomic E-state index is -0.420. The molecule has 1 N–H and O–H groups in total. The monoisotopic (exact) mass is 289 g/mol. The molecule has 0 saturated heterocycles. The molecule has 0 bridgehead atoms. The third-order valence-electron chi connectivity index (χ3n) is 2.33. The Morgan fingerprint density at radius 3 is 2.62 bits per heavy atom. The number of ether oxygens (including phenoxy) is 2. The Morgan fingerprint density at radius 2 is 1.95 bits per heavy atom. The van der Waals surface area contributed by atoms with Crippen LogP contribution in [0.3, 0.4) is 0 Å². The molecule has 0 saturated carbocycles. The van der Waals surface area contributed by atoms with Crippen LogP contribution >= 0.6 is 0 Å². The standard InChI is InChI=1S/C13H15N5O3/c1-3-20-12-10(8-16-13(18-12)21-4-2)17-11(19)9-7-14-5-6-15-9/h5-8H,3-4H2,1-2H3,(H,17,19). The number of nitrogens with zero attached hydrogens (tertiary/aromatic N) is 4. The second-order valence-electron chi connectivity index (χ2n) is 3.78. The molecule has 0 radical (unpaired) electrons. The van der Waals surface area contributed by atoms with Gasteiger partial charge in [-0.05, 0) is 13.8 Å². The number of hydrogen-bond acceptors (Lipinski definition) is 7. The lowest BCUT2D eigenvalue weighted by atomic mass is 10.4. The van der Waals surface area contributed by atoms with Crippen LogP contribution in [-0.4, -0.2) is 39.1 Å². The van der Waals surface area contributed by atoms with Crippen molar-refractivity contribution < 1.29 is 14.3 Å². The molecule has 0 unspecified atom stereocenters. The molecule has 0 aliphatic heterocycles. The molecule has 0 aliphatic rings. The zero-order chi connectivity index (χ0) is 15.1. The van der Waals surface area contributed by atoms with Crippen LogP contribution in [0.1, 0.15) is 24.3 Å². The van der Waals surface area contributed by atoms with Gasteiger partial charge in [0.25, 0.3) is 5.91 Å². The largest absolute Gasteiger partial charge is 0.476 e. The van der Waals surface area contributed by atoms with E-state index in [2.05, 4.69) is 25.3 Å². The number of aromatic nitrogens is 4. The van der Waals surface area contributed by atoms with Crippen molar-refractivity contribution in [2.24, 2.45) is 0 Å². The van der Waals surface area contributed by atoms with Crippen LogP contribution in [0.25, 0.3) is 0 Å². The highest BCUT2D eigenvalue weighted by molar-refractivity contribution is 6.03. The van der Waals surface area contributed by atoms with Gasteiger partial charge in [-0.3, -0.25) is 9.78 Å². The molecule has 2 heterocycles. The van der Waals surface area contributed by atoms with E-state index in [-0.39, 0.29) is 17.6 Å². The summed E-state index contributed by atoms with van der Waals surface area (Å²) < 4.78 is 10.6. The number of rotatable bonds is 6. The van der Waals surface area contributed by atoms with E-state index in [1.807, 2.05) is 13.8 Å². The summed E-state index contributed by atoms with van der Waals surface area (Å²) in [5.41, 5.74) is 0.532. The lowest BCUT2D eigenvalue weighted by Crippen LogP contribution is -2.15. The van der Waals surface area contributed by atoms with E-state index >= 15 is 0 Å². The van der Waals surface area contributed by atoms with Gasteiger partial charge in [-0.15, -0.1) is 0 Å². The lowest BCUT2D eigenvalue weighted by Gasteiger charge is -2.11. The minimum absolute atomic E-state index is 0.189. The predicted octanol–water partition coefficient (Wildman–Crippen LogP) is 1.32. The third-order valence-corrected chi connectivity index (χ3v) is 2.33. The van der Waals surface area contributed by atoms with E-state index in [9.17, 15) is 4.79 Å². The fourth-order valence-corrected chi connectivity index (χ4v) is 1.48. The molecule has 2 aromatic rings. The maximum Gasteiger partial charge on any atom is 0.319 e.